The SMILES string of the molecule is CC(C)(C)CC(C)(C)C(=O)NCC=O. The summed E-state index contributed by atoms with van der Waals surface area (Å²) >= 11 is 0. The van der Waals surface area contributed by atoms with Crippen molar-refractivity contribution in [2.24, 2.45) is 10.8 Å². The van der Waals surface area contributed by atoms with E-state index in [1.165, 1.54) is 0 Å². The van der Waals surface area contributed by atoms with Crippen LogP contribution in [0.3, 0.4) is 0 Å². The third-order valence-electron chi connectivity index (χ3n) is 1.93. The zero-order chi connectivity index (χ0) is 11.4. The lowest BCUT2D eigenvalue weighted by Crippen LogP contribution is -2.39. The highest BCUT2D eigenvalue weighted by Crippen LogP contribution is 2.32. The summed E-state index contributed by atoms with van der Waals surface area (Å²) in [6.45, 7) is 10.2. The second kappa shape index (κ2) is 4.58. The van der Waals surface area contributed by atoms with Crippen LogP contribution >= 0.6 is 0 Å². The number of rotatable bonds is 4. The topological polar surface area (TPSA) is 46.2 Å². The highest BCUT2D eigenvalue weighted by atomic mass is 16.2. The van der Waals surface area contributed by atoms with Crippen LogP contribution in [0.2, 0.25) is 0 Å². The summed E-state index contributed by atoms with van der Waals surface area (Å²) in [5.41, 5.74) is -0.302. The van der Waals surface area contributed by atoms with Gasteiger partial charge in [-0.05, 0) is 11.8 Å². The number of carbonyl (C=O) groups is 2. The van der Waals surface area contributed by atoms with Crippen LogP contribution in [-0.2, 0) is 9.59 Å². The first-order valence-electron chi connectivity index (χ1n) is 4.91. The molecule has 0 aromatic rings. The van der Waals surface area contributed by atoms with E-state index < -0.39 is 5.41 Å². The molecule has 14 heavy (non-hydrogen) atoms. The van der Waals surface area contributed by atoms with Gasteiger partial charge in [0.1, 0.15) is 6.29 Å². The molecular formula is C11H21NO2. The van der Waals surface area contributed by atoms with Crippen molar-refractivity contribution in [1.82, 2.24) is 5.32 Å². The number of aldehydes is 1. The zero-order valence-corrected chi connectivity index (χ0v) is 9.81. The number of hydrogen-bond donors (Lipinski definition) is 1. The maximum Gasteiger partial charge on any atom is 0.226 e. The first-order chi connectivity index (χ1) is 6.19. The molecule has 0 heterocycles. The largest absolute Gasteiger partial charge is 0.349 e. The molecule has 0 atom stereocenters. The van der Waals surface area contributed by atoms with Crippen molar-refractivity contribution in [2.75, 3.05) is 6.54 Å². The van der Waals surface area contributed by atoms with E-state index in [-0.39, 0.29) is 17.9 Å². The van der Waals surface area contributed by atoms with Gasteiger partial charge in [-0.2, -0.15) is 0 Å². The predicted octanol–water partition coefficient (Wildman–Crippen LogP) is 1.76. The summed E-state index contributed by atoms with van der Waals surface area (Å²) in [5, 5.41) is 2.59. The minimum atomic E-state index is -0.415. The maximum atomic E-state index is 11.6. The first kappa shape index (κ1) is 13.1. The van der Waals surface area contributed by atoms with Gasteiger partial charge >= 0.3 is 0 Å². The number of amides is 1. The molecule has 0 aliphatic carbocycles. The van der Waals surface area contributed by atoms with Gasteiger partial charge < -0.3 is 10.1 Å². The van der Waals surface area contributed by atoms with Crippen LogP contribution in [0.4, 0.5) is 0 Å². The number of carbonyl (C=O) groups excluding carboxylic acids is 2. The standard InChI is InChI=1S/C11H21NO2/c1-10(2,3)8-11(4,5)9(14)12-6-7-13/h7H,6,8H2,1-5H3,(H,12,14). The monoisotopic (exact) mass is 199 g/mol. The molecular weight excluding hydrogens is 178 g/mol. The Morgan fingerprint density at radius 3 is 2.07 bits per heavy atom. The van der Waals surface area contributed by atoms with Crippen molar-refractivity contribution in [3.8, 4) is 0 Å². The van der Waals surface area contributed by atoms with Gasteiger partial charge in [0.2, 0.25) is 5.91 Å². The fraction of sp³-hybridized carbons (Fsp3) is 0.818. The van der Waals surface area contributed by atoms with Gasteiger partial charge in [-0.25, -0.2) is 0 Å². The molecule has 1 amide bonds. The van der Waals surface area contributed by atoms with Gasteiger partial charge in [0.15, 0.2) is 0 Å². The van der Waals surface area contributed by atoms with E-state index in [1.807, 2.05) is 13.8 Å². The van der Waals surface area contributed by atoms with Gasteiger partial charge in [0.05, 0.1) is 6.54 Å². The highest BCUT2D eigenvalue weighted by Gasteiger charge is 2.31. The summed E-state index contributed by atoms with van der Waals surface area (Å²) in [4.78, 5) is 21.7. The lowest BCUT2D eigenvalue weighted by molar-refractivity contribution is -0.131. The maximum absolute atomic E-state index is 11.6. The van der Waals surface area contributed by atoms with Gasteiger partial charge in [0.25, 0.3) is 0 Å². The third-order valence-corrected chi connectivity index (χ3v) is 1.93. The van der Waals surface area contributed by atoms with Crippen LogP contribution in [0.15, 0.2) is 0 Å². The molecule has 3 nitrogen and oxygen atoms in total. The molecule has 0 unspecified atom stereocenters. The summed E-state index contributed by atoms with van der Waals surface area (Å²) in [6, 6.07) is 0. The lowest BCUT2D eigenvalue weighted by Gasteiger charge is -2.30. The molecule has 0 fully saturated rings. The van der Waals surface area contributed by atoms with Gasteiger partial charge in [-0.15, -0.1) is 0 Å². The molecule has 0 aliphatic heterocycles. The van der Waals surface area contributed by atoms with Crippen LogP contribution in [-0.4, -0.2) is 18.7 Å². The van der Waals surface area contributed by atoms with E-state index in [2.05, 4.69) is 26.1 Å². The van der Waals surface area contributed by atoms with E-state index >= 15 is 0 Å². The summed E-state index contributed by atoms with van der Waals surface area (Å²) in [7, 11) is 0. The molecule has 82 valence electrons. The fourth-order valence-electron chi connectivity index (χ4n) is 1.78. The Morgan fingerprint density at radius 2 is 1.71 bits per heavy atom. The number of hydrogen-bond acceptors (Lipinski definition) is 2. The molecule has 0 saturated carbocycles. The molecule has 0 radical (unpaired) electrons. The Bertz CT molecular complexity index is 214. The van der Waals surface area contributed by atoms with Crippen LogP contribution < -0.4 is 5.32 Å². The average Bonchev–Trinajstić information content (AvgIpc) is 1.95. The van der Waals surface area contributed by atoms with E-state index in [1.54, 1.807) is 0 Å². The summed E-state index contributed by atoms with van der Waals surface area (Å²) in [5.74, 6) is -0.0560. The summed E-state index contributed by atoms with van der Waals surface area (Å²) < 4.78 is 0. The smallest absolute Gasteiger partial charge is 0.226 e. The molecule has 1 N–H and O–H groups in total. The van der Waals surface area contributed by atoms with Crippen LogP contribution in [0.1, 0.15) is 41.0 Å². The molecule has 0 saturated heterocycles. The molecule has 0 rings (SSSR count). The Labute approximate surface area is 86.3 Å². The quantitative estimate of drug-likeness (QED) is 0.701. The van der Waals surface area contributed by atoms with E-state index in [4.69, 9.17) is 0 Å². The van der Waals surface area contributed by atoms with Crippen molar-refractivity contribution < 1.29 is 9.59 Å². The third kappa shape index (κ3) is 5.00. The van der Waals surface area contributed by atoms with Crippen LogP contribution in [0.25, 0.3) is 0 Å². The highest BCUT2D eigenvalue weighted by molar-refractivity contribution is 5.83. The predicted molar refractivity (Wildman–Crippen MR) is 56.9 cm³/mol. The Balaban J connectivity index is 4.30. The van der Waals surface area contributed by atoms with Gasteiger partial charge in [-0.1, -0.05) is 34.6 Å². The zero-order valence-electron chi connectivity index (χ0n) is 9.81. The second-order valence-electron chi connectivity index (χ2n) is 5.50. The lowest BCUT2D eigenvalue weighted by atomic mass is 9.76. The van der Waals surface area contributed by atoms with E-state index in [0.717, 1.165) is 6.42 Å². The van der Waals surface area contributed by atoms with Crippen molar-refractivity contribution in [3.05, 3.63) is 0 Å². The molecule has 3 heteroatoms. The first-order valence-corrected chi connectivity index (χ1v) is 4.91. The average molecular weight is 199 g/mol. The van der Waals surface area contributed by atoms with E-state index in [9.17, 15) is 9.59 Å². The van der Waals surface area contributed by atoms with E-state index in [0.29, 0.717) is 6.29 Å². The minimum Gasteiger partial charge on any atom is -0.349 e. The van der Waals surface area contributed by atoms with Crippen molar-refractivity contribution in [3.63, 3.8) is 0 Å². The van der Waals surface area contributed by atoms with Crippen molar-refractivity contribution >= 4 is 12.2 Å². The van der Waals surface area contributed by atoms with Crippen LogP contribution in [0, 0.1) is 10.8 Å². The van der Waals surface area contributed by atoms with Gasteiger partial charge in [-0.3, -0.25) is 4.79 Å². The molecule has 0 aliphatic rings. The van der Waals surface area contributed by atoms with Crippen LogP contribution in [0.5, 0.6) is 0 Å². The second-order valence-corrected chi connectivity index (χ2v) is 5.50. The molecule has 0 aromatic heterocycles. The Morgan fingerprint density at radius 1 is 1.21 bits per heavy atom. The van der Waals surface area contributed by atoms with Crippen molar-refractivity contribution in [2.45, 2.75) is 41.0 Å². The number of nitrogens with one attached hydrogen (secondary N) is 1. The summed E-state index contributed by atoms with van der Waals surface area (Å²) in [6.07, 6.45) is 1.50. The van der Waals surface area contributed by atoms with Gasteiger partial charge in [0, 0.05) is 5.41 Å². The Hall–Kier alpha value is -0.860. The molecule has 0 bridgehead atoms. The Kier molecular flexibility index (Phi) is 4.30. The fourth-order valence-corrected chi connectivity index (χ4v) is 1.78. The minimum absolute atomic E-state index is 0.0560. The molecule has 0 spiro atoms. The molecule has 0 aromatic carbocycles. The van der Waals surface area contributed by atoms with Crippen molar-refractivity contribution in [1.29, 1.82) is 0 Å². The normalized spacial score (nSPS) is 12.4.